The summed E-state index contributed by atoms with van der Waals surface area (Å²) in [5.74, 6) is 1.24. The van der Waals surface area contributed by atoms with Crippen LogP contribution in [0.25, 0.3) is 0 Å². The summed E-state index contributed by atoms with van der Waals surface area (Å²) in [5, 5.41) is 1.10. The van der Waals surface area contributed by atoms with Gasteiger partial charge in [-0.25, -0.2) is 0 Å². The van der Waals surface area contributed by atoms with Gasteiger partial charge in [-0.15, -0.1) is 0 Å². The lowest BCUT2D eigenvalue weighted by Gasteiger charge is -2.02. The van der Waals surface area contributed by atoms with Gasteiger partial charge in [-0.2, -0.15) is 0 Å². The molecule has 2 nitrogen and oxygen atoms in total. The van der Waals surface area contributed by atoms with Gasteiger partial charge in [0.1, 0.15) is 5.75 Å². The van der Waals surface area contributed by atoms with E-state index in [9.17, 15) is 4.21 Å². The summed E-state index contributed by atoms with van der Waals surface area (Å²) in [7, 11) is 0.560. The quantitative estimate of drug-likeness (QED) is 0.689. The molecule has 0 aliphatic carbocycles. The van der Waals surface area contributed by atoms with Crippen molar-refractivity contribution in [2.75, 3.05) is 12.9 Å². The van der Waals surface area contributed by atoms with Crippen LogP contribution in [0.2, 0.25) is 10.0 Å². The van der Waals surface area contributed by atoms with Gasteiger partial charge in [0.2, 0.25) is 0 Å². The largest absolute Gasteiger partial charge is 0.497 e. The molecule has 0 bridgehead atoms. The van der Waals surface area contributed by atoms with E-state index in [2.05, 4.69) is 0 Å². The van der Waals surface area contributed by atoms with Gasteiger partial charge < -0.3 is 4.74 Å². The van der Waals surface area contributed by atoms with E-state index in [4.69, 9.17) is 27.9 Å². The predicted octanol–water partition coefficient (Wildman–Crippen LogP) is 4.91. The van der Waals surface area contributed by atoms with Gasteiger partial charge in [0.05, 0.1) is 28.0 Å². The van der Waals surface area contributed by atoms with E-state index in [0.29, 0.717) is 15.8 Å². The molecule has 5 heteroatoms. The smallest absolute Gasteiger partial charge is 0.118 e. The van der Waals surface area contributed by atoms with Crippen LogP contribution in [0.1, 0.15) is 5.56 Å². The fourth-order valence-electron chi connectivity index (χ4n) is 1.87. The molecule has 0 fully saturated rings. The van der Waals surface area contributed by atoms with E-state index >= 15 is 0 Å². The van der Waals surface area contributed by atoms with Crippen molar-refractivity contribution in [3.8, 4) is 5.75 Å². The first-order chi connectivity index (χ1) is 10.6. The molecule has 22 heavy (non-hydrogen) atoms. The monoisotopic (exact) mass is 354 g/mol. The van der Waals surface area contributed by atoms with Crippen molar-refractivity contribution in [3.63, 3.8) is 0 Å². The van der Waals surface area contributed by atoms with Gasteiger partial charge in [-0.3, -0.25) is 4.21 Å². The van der Waals surface area contributed by atoms with E-state index in [0.717, 1.165) is 22.6 Å². The molecule has 1 unspecified atom stereocenters. The maximum Gasteiger partial charge on any atom is 0.118 e. The molecule has 2 rings (SSSR count). The van der Waals surface area contributed by atoms with Crippen molar-refractivity contribution in [2.24, 2.45) is 0 Å². The Labute approximate surface area is 143 Å². The summed E-state index contributed by atoms with van der Waals surface area (Å²) < 4.78 is 17.2. The number of ether oxygens (including phenoxy) is 1. The standard InChI is InChI=1S/C17H16Cl2O2S/c1-21-14-6-8-15(9-7-14)22(20)11-3-2-4-13-5-10-16(18)17(19)12-13/h2-3,5-10,12H,4,11H2,1H3. The summed E-state index contributed by atoms with van der Waals surface area (Å²) in [6.07, 6.45) is 4.64. The first-order valence-corrected chi connectivity index (χ1v) is 8.79. The highest BCUT2D eigenvalue weighted by Crippen LogP contribution is 2.22. The fourth-order valence-corrected chi connectivity index (χ4v) is 3.13. The third kappa shape index (κ3) is 4.87. The lowest BCUT2D eigenvalue weighted by atomic mass is 10.1. The van der Waals surface area contributed by atoms with Crippen molar-refractivity contribution in [1.82, 2.24) is 0 Å². The average Bonchev–Trinajstić information content (AvgIpc) is 2.54. The highest BCUT2D eigenvalue weighted by atomic mass is 35.5. The molecule has 2 aromatic rings. The number of halogens is 2. The van der Waals surface area contributed by atoms with E-state index in [1.54, 1.807) is 13.2 Å². The molecule has 0 aliphatic heterocycles. The molecule has 116 valence electrons. The van der Waals surface area contributed by atoms with Gasteiger partial charge in [0.15, 0.2) is 0 Å². The van der Waals surface area contributed by atoms with Crippen LogP contribution in [0.4, 0.5) is 0 Å². The summed E-state index contributed by atoms with van der Waals surface area (Å²) in [6.45, 7) is 0. The molecule has 0 N–H and O–H groups in total. The van der Waals surface area contributed by atoms with Crippen molar-refractivity contribution in [2.45, 2.75) is 11.3 Å². The molecule has 2 aromatic carbocycles. The van der Waals surface area contributed by atoms with Crippen LogP contribution in [0.5, 0.6) is 5.75 Å². The Morgan fingerprint density at radius 1 is 1.05 bits per heavy atom. The third-order valence-electron chi connectivity index (χ3n) is 3.07. The zero-order valence-electron chi connectivity index (χ0n) is 12.1. The van der Waals surface area contributed by atoms with Crippen LogP contribution >= 0.6 is 23.2 Å². The summed E-state index contributed by atoms with van der Waals surface area (Å²) in [6, 6.07) is 12.8. The van der Waals surface area contributed by atoms with Crippen LogP contribution in [0.15, 0.2) is 59.5 Å². The minimum Gasteiger partial charge on any atom is -0.497 e. The average molecular weight is 355 g/mol. The van der Waals surface area contributed by atoms with E-state index in [1.807, 2.05) is 48.6 Å². The number of methoxy groups -OCH3 is 1. The van der Waals surface area contributed by atoms with Crippen molar-refractivity contribution in [1.29, 1.82) is 0 Å². The Morgan fingerprint density at radius 3 is 2.41 bits per heavy atom. The number of allylic oxidation sites excluding steroid dienone is 1. The topological polar surface area (TPSA) is 26.3 Å². The van der Waals surface area contributed by atoms with Gasteiger partial charge in [0.25, 0.3) is 0 Å². The van der Waals surface area contributed by atoms with Crippen molar-refractivity contribution in [3.05, 3.63) is 70.2 Å². The number of rotatable bonds is 6. The SMILES string of the molecule is COc1ccc(S(=O)CC=CCc2ccc(Cl)c(Cl)c2)cc1. The molecular weight excluding hydrogens is 339 g/mol. The Kier molecular flexibility index (Phi) is 6.49. The summed E-state index contributed by atoms with van der Waals surface area (Å²) in [5.41, 5.74) is 1.07. The number of hydrogen-bond acceptors (Lipinski definition) is 2. The minimum atomic E-state index is -1.05. The minimum absolute atomic E-state index is 0.480. The molecule has 0 heterocycles. The highest BCUT2D eigenvalue weighted by Gasteiger charge is 2.02. The second-order valence-electron chi connectivity index (χ2n) is 4.61. The second-order valence-corrected chi connectivity index (χ2v) is 6.92. The van der Waals surface area contributed by atoms with E-state index < -0.39 is 10.8 Å². The zero-order chi connectivity index (χ0) is 15.9. The molecule has 1 atom stereocenters. The second kappa shape index (κ2) is 8.37. The summed E-state index contributed by atoms with van der Waals surface area (Å²) in [4.78, 5) is 0.792. The Morgan fingerprint density at radius 2 is 1.77 bits per heavy atom. The predicted molar refractivity (Wildman–Crippen MR) is 93.6 cm³/mol. The molecular formula is C17H16Cl2O2S. The van der Waals surface area contributed by atoms with Crippen LogP contribution in [0.3, 0.4) is 0 Å². The van der Waals surface area contributed by atoms with Gasteiger partial charge in [-0.1, -0.05) is 41.4 Å². The molecule has 0 saturated heterocycles. The number of hydrogen-bond donors (Lipinski definition) is 0. The van der Waals surface area contributed by atoms with Crippen molar-refractivity contribution < 1.29 is 8.95 Å². The van der Waals surface area contributed by atoms with Crippen LogP contribution in [-0.2, 0) is 17.2 Å². The lowest BCUT2D eigenvalue weighted by Crippen LogP contribution is -1.95. The van der Waals surface area contributed by atoms with E-state index in [-0.39, 0.29) is 0 Å². The molecule has 0 aliphatic rings. The maximum absolute atomic E-state index is 12.1. The van der Waals surface area contributed by atoms with E-state index in [1.165, 1.54) is 0 Å². The Hall–Kier alpha value is -1.29. The zero-order valence-corrected chi connectivity index (χ0v) is 14.4. The van der Waals surface area contributed by atoms with Gasteiger partial charge in [0, 0.05) is 10.6 Å². The normalized spacial score (nSPS) is 12.5. The third-order valence-corrected chi connectivity index (χ3v) is 5.11. The van der Waals surface area contributed by atoms with Crippen LogP contribution < -0.4 is 4.74 Å². The molecule has 0 aromatic heterocycles. The summed E-state index contributed by atoms with van der Waals surface area (Å²) >= 11 is 11.8. The maximum atomic E-state index is 12.1. The fraction of sp³-hybridized carbons (Fsp3) is 0.176. The molecule has 0 amide bonds. The van der Waals surface area contributed by atoms with Crippen LogP contribution in [0, 0.1) is 0 Å². The number of benzene rings is 2. The Bertz CT molecular complexity index is 682. The highest BCUT2D eigenvalue weighted by molar-refractivity contribution is 7.85. The Balaban J connectivity index is 1.88. The lowest BCUT2D eigenvalue weighted by molar-refractivity contribution is 0.414. The molecule has 0 radical (unpaired) electrons. The molecule has 0 saturated carbocycles. The van der Waals surface area contributed by atoms with Crippen LogP contribution in [-0.4, -0.2) is 17.1 Å². The van der Waals surface area contributed by atoms with Gasteiger partial charge >= 0.3 is 0 Å². The first-order valence-electron chi connectivity index (χ1n) is 6.71. The van der Waals surface area contributed by atoms with Crippen molar-refractivity contribution >= 4 is 34.0 Å². The first kappa shape index (κ1) is 17.1. The van der Waals surface area contributed by atoms with Gasteiger partial charge in [-0.05, 0) is 48.4 Å². The molecule has 0 spiro atoms.